The lowest BCUT2D eigenvalue weighted by Gasteiger charge is -2.07. The zero-order chi connectivity index (χ0) is 10.0. The number of halogens is 3. The molecule has 1 aromatic rings. The van der Waals surface area contributed by atoms with Crippen LogP contribution in [0.3, 0.4) is 0 Å². The van der Waals surface area contributed by atoms with E-state index in [9.17, 15) is 13.6 Å². The van der Waals surface area contributed by atoms with Crippen LogP contribution in [0.2, 0.25) is 5.02 Å². The number of aromatic nitrogens is 1. The zero-order valence-electron chi connectivity index (χ0n) is 6.35. The van der Waals surface area contributed by atoms with Crippen LogP contribution in [0.15, 0.2) is 10.9 Å². The first-order valence-corrected chi connectivity index (χ1v) is 3.74. The Kier molecular flexibility index (Phi) is 3.00. The lowest BCUT2D eigenvalue weighted by atomic mass is 10.2. The second-order valence-corrected chi connectivity index (χ2v) is 2.74. The van der Waals surface area contributed by atoms with Crippen molar-refractivity contribution >= 4 is 11.6 Å². The van der Waals surface area contributed by atoms with E-state index in [4.69, 9.17) is 16.7 Å². The lowest BCUT2D eigenvalue weighted by molar-refractivity contribution is 0.146. The van der Waals surface area contributed by atoms with Crippen LogP contribution in [-0.4, -0.2) is 10.1 Å². The molecule has 0 aromatic carbocycles. The Bertz CT molecular complexity index is 364. The SMILES string of the molecule is O=c1cc(Cl)c(C(F)F)c(CO)[nH]1. The number of aromatic amines is 1. The van der Waals surface area contributed by atoms with Gasteiger partial charge in [0.05, 0.1) is 22.9 Å². The molecule has 1 heterocycles. The summed E-state index contributed by atoms with van der Waals surface area (Å²) in [6.07, 6.45) is -2.81. The first-order valence-electron chi connectivity index (χ1n) is 3.37. The lowest BCUT2D eigenvalue weighted by Crippen LogP contribution is -2.11. The summed E-state index contributed by atoms with van der Waals surface area (Å²) in [7, 11) is 0. The molecule has 6 heteroatoms. The summed E-state index contributed by atoms with van der Waals surface area (Å²) in [5, 5.41) is 8.32. The molecular weight excluding hydrogens is 204 g/mol. The minimum absolute atomic E-state index is 0.243. The van der Waals surface area contributed by atoms with Crippen LogP contribution in [0.25, 0.3) is 0 Å². The molecule has 0 fully saturated rings. The Morgan fingerprint density at radius 3 is 2.69 bits per heavy atom. The molecule has 0 atom stereocenters. The first-order chi connectivity index (χ1) is 6.06. The largest absolute Gasteiger partial charge is 0.390 e. The van der Waals surface area contributed by atoms with Crippen LogP contribution in [0.4, 0.5) is 8.78 Å². The van der Waals surface area contributed by atoms with Crippen molar-refractivity contribution in [2.75, 3.05) is 0 Å². The van der Waals surface area contributed by atoms with Crippen LogP contribution in [0, 0.1) is 0 Å². The molecule has 1 rings (SSSR count). The fourth-order valence-corrected chi connectivity index (χ4v) is 1.25. The van der Waals surface area contributed by atoms with Crippen molar-refractivity contribution in [2.45, 2.75) is 13.0 Å². The highest BCUT2D eigenvalue weighted by molar-refractivity contribution is 6.31. The van der Waals surface area contributed by atoms with Gasteiger partial charge in [-0.05, 0) is 0 Å². The average Bonchev–Trinajstić information content (AvgIpc) is 2.01. The van der Waals surface area contributed by atoms with Crippen LogP contribution in [0.5, 0.6) is 0 Å². The Labute approximate surface area is 77.0 Å². The van der Waals surface area contributed by atoms with Crippen molar-refractivity contribution in [1.82, 2.24) is 4.98 Å². The van der Waals surface area contributed by atoms with Crippen LogP contribution < -0.4 is 5.56 Å². The topological polar surface area (TPSA) is 53.1 Å². The minimum Gasteiger partial charge on any atom is -0.390 e. The molecule has 13 heavy (non-hydrogen) atoms. The van der Waals surface area contributed by atoms with E-state index in [2.05, 4.69) is 4.98 Å². The quantitative estimate of drug-likeness (QED) is 0.775. The van der Waals surface area contributed by atoms with Crippen molar-refractivity contribution in [3.05, 3.63) is 32.7 Å². The van der Waals surface area contributed by atoms with Crippen molar-refractivity contribution in [2.24, 2.45) is 0 Å². The standard InChI is InChI=1S/C7H6ClF2NO2/c8-3-1-5(13)11-4(2-12)6(3)7(9)10/h1,7,12H,2H2,(H,11,13). The van der Waals surface area contributed by atoms with E-state index >= 15 is 0 Å². The van der Waals surface area contributed by atoms with E-state index in [1.165, 1.54) is 0 Å². The minimum atomic E-state index is -2.81. The summed E-state index contributed by atoms with van der Waals surface area (Å²) < 4.78 is 24.6. The van der Waals surface area contributed by atoms with Crippen molar-refractivity contribution in [3.63, 3.8) is 0 Å². The predicted octanol–water partition coefficient (Wildman–Crippen LogP) is 1.46. The summed E-state index contributed by atoms with van der Waals surface area (Å²) in [6, 6.07) is 0.849. The molecule has 72 valence electrons. The highest BCUT2D eigenvalue weighted by Gasteiger charge is 2.17. The third-order valence-electron chi connectivity index (χ3n) is 1.49. The molecule has 2 N–H and O–H groups in total. The van der Waals surface area contributed by atoms with Crippen LogP contribution >= 0.6 is 11.6 Å². The summed E-state index contributed by atoms with van der Waals surface area (Å²) in [6.45, 7) is -0.671. The molecule has 3 nitrogen and oxygen atoms in total. The summed E-state index contributed by atoms with van der Waals surface area (Å²) in [5.74, 6) is 0. The first kappa shape index (κ1) is 10.1. The second-order valence-electron chi connectivity index (χ2n) is 2.33. The maximum absolute atomic E-state index is 12.3. The third kappa shape index (κ3) is 2.05. The van der Waals surface area contributed by atoms with Crippen LogP contribution in [-0.2, 0) is 6.61 Å². The van der Waals surface area contributed by atoms with E-state index in [0.29, 0.717) is 0 Å². The Balaban J connectivity index is 3.38. The Hall–Kier alpha value is -0.940. The molecule has 1 aromatic heterocycles. The highest BCUT2D eigenvalue weighted by atomic mass is 35.5. The van der Waals surface area contributed by atoms with E-state index in [0.717, 1.165) is 6.07 Å². The molecule has 0 amide bonds. The Morgan fingerprint density at radius 2 is 2.23 bits per heavy atom. The number of alkyl halides is 2. The van der Waals surface area contributed by atoms with Crippen molar-refractivity contribution in [1.29, 1.82) is 0 Å². The number of hydrogen-bond donors (Lipinski definition) is 2. The van der Waals surface area contributed by atoms with Crippen molar-refractivity contribution in [3.8, 4) is 0 Å². The molecular formula is C7H6ClF2NO2. The van der Waals surface area contributed by atoms with Gasteiger partial charge >= 0.3 is 0 Å². The predicted molar refractivity (Wildman–Crippen MR) is 43.0 cm³/mol. The number of nitrogens with one attached hydrogen (secondary N) is 1. The summed E-state index contributed by atoms with van der Waals surface area (Å²) in [4.78, 5) is 12.8. The monoisotopic (exact) mass is 209 g/mol. The molecule has 0 spiro atoms. The van der Waals surface area contributed by atoms with E-state index in [-0.39, 0.29) is 10.7 Å². The zero-order valence-corrected chi connectivity index (χ0v) is 7.11. The molecule has 0 aliphatic rings. The molecule has 0 unspecified atom stereocenters. The van der Waals surface area contributed by atoms with Gasteiger partial charge in [0.2, 0.25) is 5.56 Å². The maximum Gasteiger partial charge on any atom is 0.267 e. The fourth-order valence-electron chi connectivity index (χ4n) is 0.950. The fraction of sp³-hybridized carbons (Fsp3) is 0.286. The third-order valence-corrected chi connectivity index (χ3v) is 1.80. The van der Waals surface area contributed by atoms with Gasteiger partial charge in [0, 0.05) is 6.07 Å². The van der Waals surface area contributed by atoms with Gasteiger partial charge in [-0.15, -0.1) is 0 Å². The number of hydrogen-bond acceptors (Lipinski definition) is 2. The smallest absolute Gasteiger partial charge is 0.267 e. The van der Waals surface area contributed by atoms with Gasteiger partial charge in [-0.25, -0.2) is 8.78 Å². The van der Waals surface area contributed by atoms with Gasteiger partial charge in [-0.1, -0.05) is 11.6 Å². The van der Waals surface area contributed by atoms with E-state index in [1.54, 1.807) is 0 Å². The average molecular weight is 210 g/mol. The maximum atomic E-state index is 12.3. The molecule has 0 aliphatic heterocycles. The number of pyridine rings is 1. The van der Waals surface area contributed by atoms with Gasteiger partial charge in [0.15, 0.2) is 0 Å². The molecule has 0 bridgehead atoms. The van der Waals surface area contributed by atoms with Gasteiger partial charge < -0.3 is 10.1 Å². The van der Waals surface area contributed by atoms with E-state index in [1.807, 2.05) is 0 Å². The van der Waals surface area contributed by atoms with Crippen molar-refractivity contribution < 1.29 is 13.9 Å². The number of aliphatic hydroxyl groups excluding tert-OH is 1. The summed E-state index contributed by atoms with van der Waals surface area (Å²) >= 11 is 5.40. The van der Waals surface area contributed by atoms with E-state index < -0.39 is 24.2 Å². The van der Waals surface area contributed by atoms with Gasteiger partial charge in [0.25, 0.3) is 6.43 Å². The normalized spacial score (nSPS) is 10.8. The van der Waals surface area contributed by atoms with Gasteiger partial charge in [-0.3, -0.25) is 4.79 Å². The molecule has 0 saturated carbocycles. The number of rotatable bonds is 2. The van der Waals surface area contributed by atoms with Gasteiger partial charge in [-0.2, -0.15) is 0 Å². The second kappa shape index (κ2) is 3.85. The number of H-pyrrole nitrogens is 1. The Morgan fingerprint density at radius 1 is 1.62 bits per heavy atom. The summed E-state index contributed by atoms with van der Waals surface area (Å²) in [5.41, 5.74) is -1.38. The highest BCUT2D eigenvalue weighted by Crippen LogP contribution is 2.27. The molecule has 0 radical (unpaired) electrons. The van der Waals surface area contributed by atoms with Gasteiger partial charge in [0.1, 0.15) is 0 Å². The number of aliphatic hydroxyl groups is 1. The molecule has 0 saturated heterocycles. The van der Waals surface area contributed by atoms with Crippen LogP contribution in [0.1, 0.15) is 17.7 Å². The molecule has 0 aliphatic carbocycles.